The molecule has 1 aliphatic heterocycles. The van der Waals surface area contributed by atoms with Crippen LogP contribution in [0, 0.1) is 0 Å². The smallest absolute Gasteiger partial charge is 0.207 e. The molecule has 0 radical (unpaired) electrons. The zero-order chi connectivity index (χ0) is 19.9. The molecule has 0 amide bonds. The van der Waals surface area contributed by atoms with Gasteiger partial charge in [0, 0.05) is 11.1 Å². The lowest BCUT2D eigenvalue weighted by Gasteiger charge is -2.26. The number of sulfonamides is 1. The van der Waals surface area contributed by atoms with E-state index in [-0.39, 0.29) is 11.1 Å². The summed E-state index contributed by atoms with van der Waals surface area (Å²) >= 11 is 0. The molecular weight excluding hydrogens is 407 g/mol. The van der Waals surface area contributed by atoms with E-state index >= 15 is 0 Å². The predicted molar refractivity (Wildman–Crippen MR) is 91.7 cm³/mol. The Morgan fingerprint density at radius 1 is 0.852 bits per heavy atom. The van der Waals surface area contributed by atoms with E-state index in [1.165, 1.54) is 42.5 Å². The number of rotatable bonds is 3. The largest absolute Gasteiger partial charge is 0.517 e. The highest BCUT2D eigenvalue weighted by Gasteiger charge is 2.56. The Hall–Kier alpha value is -2.73. The Kier molecular flexibility index (Phi) is 4.56. The highest BCUT2D eigenvalue weighted by Crippen LogP contribution is 2.33. The van der Waals surface area contributed by atoms with Crippen LogP contribution in [0.25, 0.3) is 0 Å². The summed E-state index contributed by atoms with van der Waals surface area (Å²) in [7, 11) is -11.6. The average Bonchev–Trinajstić information content (AvgIpc) is 2.60. The first kappa shape index (κ1) is 19.0. The van der Waals surface area contributed by atoms with E-state index in [9.17, 15) is 30.0 Å². The fourth-order valence-corrected chi connectivity index (χ4v) is 4.92. The van der Waals surface area contributed by atoms with Crippen molar-refractivity contribution >= 4 is 31.9 Å². The van der Waals surface area contributed by atoms with E-state index in [1.807, 2.05) is 0 Å². The highest BCUT2D eigenvalue weighted by atomic mass is 32.3. The normalized spacial score (nSPS) is 17.2. The number of benzene rings is 2. The van der Waals surface area contributed by atoms with Gasteiger partial charge in [0.05, 0.1) is 0 Å². The second-order valence-corrected chi connectivity index (χ2v) is 8.66. The number of hydrogen-bond acceptors (Lipinski definition) is 5. The van der Waals surface area contributed by atoms with Gasteiger partial charge in [-0.05, 0) is 0 Å². The van der Waals surface area contributed by atoms with Crippen molar-refractivity contribution in [3.63, 3.8) is 0 Å². The number of alkyl halides is 3. The van der Waals surface area contributed by atoms with Crippen LogP contribution in [0.5, 0.6) is 0 Å². The fraction of sp³-hybridized carbons (Fsp3) is 0.0667. The van der Waals surface area contributed by atoms with Crippen LogP contribution in [-0.2, 0) is 20.2 Å². The lowest BCUT2D eigenvalue weighted by Crippen LogP contribution is -2.49. The molecule has 3 rings (SSSR count). The van der Waals surface area contributed by atoms with Crippen molar-refractivity contribution in [3.05, 3.63) is 71.8 Å². The van der Waals surface area contributed by atoms with Gasteiger partial charge >= 0.3 is 25.7 Å². The van der Waals surface area contributed by atoms with E-state index in [4.69, 9.17) is 0 Å². The third-order valence-corrected chi connectivity index (χ3v) is 6.72. The summed E-state index contributed by atoms with van der Waals surface area (Å²) in [6.45, 7) is 0. The molecule has 0 unspecified atom stereocenters. The van der Waals surface area contributed by atoms with Gasteiger partial charge in [-0.3, -0.25) is 0 Å². The van der Waals surface area contributed by atoms with Gasteiger partial charge in [-0.15, -0.1) is 8.11 Å². The van der Waals surface area contributed by atoms with Crippen molar-refractivity contribution in [2.75, 3.05) is 0 Å². The van der Waals surface area contributed by atoms with Crippen molar-refractivity contribution < 1.29 is 30.0 Å². The molecule has 0 saturated carbocycles. The Balaban J connectivity index is 2.30. The lowest BCUT2D eigenvalue weighted by molar-refractivity contribution is -0.0459. The Labute approximate surface area is 152 Å². The lowest BCUT2D eigenvalue weighted by atomic mass is 10.2. The maximum atomic E-state index is 13.1. The monoisotopic (exact) mass is 417 g/mol. The first-order valence-electron chi connectivity index (χ1n) is 7.20. The molecule has 0 aromatic heterocycles. The summed E-state index contributed by atoms with van der Waals surface area (Å²) in [6, 6.07) is 14.4. The number of nitrogens with zero attached hydrogens (tertiary/aromatic N) is 3. The Morgan fingerprint density at radius 2 is 1.33 bits per heavy atom. The Bertz CT molecular complexity index is 1130. The topological polar surface area (TPSA) is 96.2 Å². The van der Waals surface area contributed by atoms with Crippen LogP contribution in [0.4, 0.5) is 13.2 Å². The molecule has 142 valence electrons. The molecule has 0 saturated heterocycles. The molecule has 0 fully saturated rings. The van der Waals surface area contributed by atoms with E-state index in [0.29, 0.717) is 0 Å². The third-order valence-electron chi connectivity index (χ3n) is 3.37. The van der Waals surface area contributed by atoms with E-state index in [1.54, 1.807) is 18.2 Å². The van der Waals surface area contributed by atoms with Crippen LogP contribution in [-0.4, -0.2) is 37.7 Å². The van der Waals surface area contributed by atoms with E-state index < -0.39 is 41.1 Å². The molecule has 2 aromatic rings. The van der Waals surface area contributed by atoms with Crippen molar-refractivity contribution in [3.8, 4) is 0 Å². The molecule has 1 aliphatic rings. The molecular formula is C15H10F3N3O4S2. The molecule has 0 spiro atoms. The number of halogens is 3. The minimum Gasteiger partial charge on any atom is -0.207 e. The van der Waals surface area contributed by atoms with Gasteiger partial charge in [0.2, 0.25) is 0 Å². The summed E-state index contributed by atoms with van der Waals surface area (Å²) in [5, 5.41) is 0. The molecule has 0 bridgehead atoms. The first-order valence-corrected chi connectivity index (χ1v) is 10.0. The maximum absolute atomic E-state index is 13.1. The molecule has 1 heterocycles. The molecule has 0 atom stereocenters. The predicted octanol–water partition coefficient (Wildman–Crippen LogP) is 2.29. The number of hydrogen-bond donors (Lipinski definition) is 0. The van der Waals surface area contributed by atoms with E-state index in [2.05, 4.69) is 9.39 Å². The van der Waals surface area contributed by atoms with Gasteiger partial charge in [0.15, 0.2) is 11.7 Å². The highest BCUT2D eigenvalue weighted by molar-refractivity contribution is 8.04. The Morgan fingerprint density at radius 3 is 1.81 bits per heavy atom. The molecule has 0 aliphatic carbocycles. The number of aliphatic imine (C=N–C) groups is 1. The van der Waals surface area contributed by atoms with Crippen LogP contribution in [0.1, 0.15) is 11.1 Å². The molecule has 7 nitrogen and oxygen atoms in total. The zero-order valence-corrected chi connectivity index (χ0v) is 14.8. The van der Waals surface area contributed by atoms with Gasteiger partial charge in [0.25, 0.3) is 0 Å². The average molecular weight is 417 g/mol. The SMILES string of the molecule is O=S1(=O)N=C(c2ccccc2)N=C(c2ccccc2)N1S(=O)(=O)C(F)(F)F. The minimum absolute atomic E-state index is 0.141. The second-order valence-electron chi connectivity index (χ2n) is 5.21. The number of amidine groups is 2. The summed E-state index contributed by atoms with van der Waals surface area (Å²) in [4.78, 5) is 3.81. The van der Waals surface area contributed by atoms with Crippen LogP contribution >= 0.6 is 0 Å². The van der Waals surface area contributed by atoms with Gasteiger partial charge < -0.3 is 0 Å². The first-order chi connectivity index (χ1) is 12.5. The molecule has 2 aromatic carbocycles. The van der Waals surface area contributed by atoms with Crippen molar-refractivity contribution in [1.29, 1.82) is 0 Å². The van der Waals surface area contributed by atoms with Gasteiger partial charge in [-0.2, -0.15) is 30.0 Å². The minimum atomic E-state index is -6.30. The standard InChI is InChI=1S/C15H10F3N3O4S2/c16-15(17,18)26(22,23)21-14(12-9-5-2-6-10-12)19-13(20-27(21,24)25)11-7-3-1-4-8-11/h1-10H. The van der Waals surface area contributed by atoms with Crippen LogP contribution in [0.15, 0.2) is 70.1 Å². The second kappa shape index (κ2) is 6.46. The van der Waals surface area contributed by atoms with Crippen LogP contribution in [0.3, 0.4) is 0 Å². The van der Waals surface area contributed by atoms with Gasteiger partial charge in [-0.1, -0.05) is 60.7 Å². The summed E-state index contributed by atoms with van der Waals surface area (Å²) in [5.41, 5.74) is -5.81. The summed E-state index contributed by atoms with van der Waals surface area (Å²) in [5.74, 6) is -1.34. The summed E-state index contributed by atoms with van der Waals surface area (Å²) in [6.07, 6.45) is 0. The quantitative estimate of drug-likeness (QED) is 0.766. The zero-order valence-electron chi connectivity index (χ0n) is 13.2. The van der Waals surface area contributed by atoms with Gasteiger partial charge in [-0.25, -0.2) is 4.99 Å². The van der Waals surface area contributed by atoms with Crippen LogP contribution < -0.4 is 0 Å². The van der Waals surface area contributed by atoms with E-state index in [0.717, 1.165) is 0 Å². The van der Waals surface area contributed by atoms with Crippen LogP contribution in [0.2, 0.25) is 0 Å². The maximum Gasteiger partial charge on any atom is 0.517 e. The molecule has 12 heteroatoms. The van der Waals surface area contributed by atoms with Crippen molar-refractivity contribution in [2.45, 2.75) is 5.51 Å². The third kappa shape index (κ3) is 3.45. The molecule has 0 N–H and O–H groups in total. The van der Waals surface area contributed by atoms with Crippen molar-refractivity contribution in [2.24, 2.45) is 9.39 Å². The fourth-order valence-electron chi connectivity index (χ4n) is 2.21. The van der Waals surface area contributed by atoms with Gasteiger partial charge in [0.1, 0.15) is 0 Å². The van der Waals surface area contributed by atoms with Crippen molar-refractivity contribution in [1.82, 2.24) is 3.71 Å². The molecule has 27 heavy (non-hydrogen) atoms. The summed E-state index contributed by atoms with van der Waals surface area (Å²) < 4.78 is 90.3.